The molecule has 0 N–H and O–H groups in total. The van der Waals surface area contributed by atoms with Crippen LogP contribution in [0.1, 0.15) is 0 Å². The summed E-state index contributed by atoms with van der Waals surface area (Å²) < 4.78 is 6.19. The summed E-state index contributed by atoms with van der Waals surface area (Å²) in [6.07, 6.45) is 0. The molecule has 0 aliphatic heterocycles. The molecule has 9 aromatic carbocycles. The van der Waals surface area contributed by atoms with Gasteiger partial charge in [-0.25, -0.2) is 0 Å². The number of furan rings is 1. The van der Waals surface area contributed by atoms with Gasteiger partial charge in [0.15, 0.2) is 0 Å². The SMILES string of the molecule is c1ccc(N(c2ccc(-c3ccc4ccccc4c3)cc2)c2ccc(-c3cccc4ccccc34)cc2)c(-c2ccc3oc4ccccc4c3c2)c1. The Kier molecular flexibility index (Phi) is 7.18. The predicted molar refractivity (Wildman–Crippen MR) is 220 cm³/mol. The molecule has 0 saturated heterocycles. The van der Waals surface area contributed by atoms with Gasteiger partial charge in [0, 0.05) is 27.7 Å². The molecule has 10 rings (SSSR count). The molecule has 1 heterocycles. The van der Waals surface area contributed by atoms with Gasteiger partial charge < -0.3 is 9.32 Å². The zero-order chi connectivity index (χ0) is 34.4. The Morgan fingerprint density at radius 1 is 0.308 bits per heavy atom. The maximum absolute atomic E-state index is 6.19. The number of hydrogen-bond acceptors (Lipinski definition) is 2. The zero-order valence-electron chi connectivity index (χ0n) is 28.4. The van der Waals surface area contributed by atoms with Gasteiger partial charge in [-0.1, -0.05) is 146 Å². The third-order valence-electron chi connectivity index (χ3n) is 10.3. The van der Waals surface area contributed by atoms with Crippen LogP contribution in [-0.4, -0.2) is 0 Å². The number of rotatable bonds is 6. The summed E-state index contributed by atoms with van der Waals surface area (Å²) in [6, 6.07) is 71.8. The Bertz CT molecular complexity index is 2890. The van der Waals surface area contributed by atoms with Gasteiger partial charge in [-0.05, 0) is 104 Å². The smallest absolute Gasteiger partial charge is 0.135 e. The normalized spacial score (nSPS) is 11.5. The van der Waals surface area contributed by atoms with E-state index < -0.39 is 0 Å². The lowest BCUT2D eigenvalue weighted by atomic mass is 9.97. The van der Waals surface area contributed by atoms with Gasteiger partial charge in [-0.3, -0.25) is 0 Å². The molecule has 0 unspecified atom stereocenters. The lowest BCUT2D eigenvalue weighted by molar-refractivity contribution is 0.669. The number of nitrogens with zero attached hydrogens (tertiary/aromatic N) is 1. The second-order valence-corrected chi connectivity index (χ2v) is 13.3. The van der Waals surface area contributed by atoms with Crippen molar-refractivity contribution in [3.8, 4) is 33.4 Å². The van der Waals surface area contributed by atoms with Crippen LogP contribution in [0.25, 0.3) is 76.9 Å². The van der Waals surface area contributed by atoms with E-state index in [1.54, 1.807) is 0 Å². The summed E-state index contributed by atoms with van der Waals surface area (Å²) in [5, 5.41) is 7.24. The molecule has 0 radical (unpaired) electrons. The van der Waals surface area contributed by atoms with Crippen LogP contribution < -0.4 is 4.90 Å². The van der Waals surface area contributed by atoms with E-state index in [9.17, 15) is 0 Å². The molecule has 1 aromatic heterocycles. The van der Waals surface area contributed by atoms with Crippen LogP contribution in [0.5, 0.6) is 0 Å². The standard InChI is InChI=1S/C50H33NO/c1-2-12-38-32-39(21-20-34(38)10-1)35-22-27-41(28-23-35)51(42-29-24-37(25-30-42)44-17-9-13-36-11-3-4-14-43(36)44)48-18-7-5-15-45(48)40-26-31-50-47(33-40)46-16-6-8-19-49(46)52-50/h1-33H. The highest BCUT2D eigenvalue weighted by Crippen LogP contribution is 2.43. The van der Waals surface area contributed by atoms with E-state index in [1.165, 1.54) is 43.8 Å². The number of fused-ring (bicyclic) bond motifs is 5. The first kappa shape index (κ1) is 30.0. The highest BCUT2D eigenvalue weighted by atomic mass is 16.3. The molecule has 0 fully saturated rings. The summed E-state index contributed by atoms with van der Waals surface area (Å²) in [6.45, 7) is 0. The lowest BCUT2D eigenvalue weighted by Crippen LogP contribution is -2.11. The molecule has 0 bridgehead atoms. The highest BCUT2D eigenvalue weighted by molar-refractivity contribution is 6.07. The van der Waals surface area contributed by atoms with Gasteiger partial charge in [0.25, 0.3) is 0 Å². The number of para-hydroxylation sites is 2. The summed E-state index contributed by atoms with van der Waals surface area (Å²) in [5.74, 6) is 0. The van der Waals surface area contributed by atoms with Gasteiger partial charge in [0.05, 0.1) is 5.69 Å². The van der Waals surface area contributed by atoms with E-state index in [0.29, 0.717) is 0 Å². The van der Waals surface area contributed by atoms with Crippen LogP contribution in [0.15, 0.2) is 205 Å². The van der Waals surface area contributed by atoms with Crippen molar-refractivity contribution >= 4 is 60.5 Å². The molecule has 244 valence electrons. The molecule has 0 atom stereocenters. The number of hydrogen-bond donors (Lipinski definition) is 0. The fourth-order valence-corrected chi connectivity index (χ4v) is 7.67. The minimum Gasteiger partial charge on any atom is -0.456 e. The van der Waals surface area contributed by atoms with E-state index in [2.05, 4.69) is 193 Å². The van der Waals surface area contributed by atoms with E-state index >= 15 is 0 Å². The molecule has 0 saturated carbocycles. The minimum atomic E-state index is 0.896. The van der Waals surface area contributed by atoms with E-state index in [0.717, 1.165) is 50.1 Å². The van der Waals surface area contributed by atoms with Crippen LogP contribution in [0.3, 0.4) is 0 Å². The Morgan fingerprint density at radius 3 is 1.71 bits per heavy atom. The Hall–Kier alpha value is -6.90. The average Bonchev–Trinajstić information content (AvgIpc) is 3.59. The minimum absolute atomic E-state index is 0.896. The Morgan fingerprint density at radius 2 is 0.885 bits per heavy atom. The largest absolute Gasteiger partial charge is 0.456 e. The summed E-state index contributed by atoms with van der Waals surface area (Å²) >= 11 is 0. The molecular formula is C50H33NO. The summed E-state index contributed by atoms with van der Waals surface area (Å²) in [5.41, 5.74) is 12.2. The quantitative estimate of drug-likeness (QED) is 0.176. The van der Waals surface area contributed by atoms with E-state index in [4.69, 9.17) is 4.42 Å². The first-order chi connectivity index (χ1) is 25.8. The van der Waals surface area contributed by atoms with E-state index in [1.807, 2.05) is 12.1 Å². The zero-order valence-corrected chi connectivity index (χ0v) is 28.4. The summed E-state index contributed by atoms with van der Waals surface area (Å²) in [7, 11) is 0. The van der Waals surface area contributed by atoms with Gasteiger partial charge in [-0.15, -0.1) is 0 Å². The lowest BCUT2D eigenvalue weighted by Gasteiger charge is -2.28. The molecular weight excluding hydrogens is 631 g/mol. The monoisotopic (exact) mass is 663 g/mol. The highest BCUT2D eigenvalue weighted by Gasteiger charge is 2.19. The topological polar surface area (TPSA) is 16.4 Å². The molecule has 10 aromatic rings. The molecule has 0 spiro atoms. The third-order valence-corrected chi connectivity index (χ3v) is 10.3. The third kappa shape index (κ3) is 5.21. The average molecular weight is 664 g/mol. The second-order valence-electron chi connectivity index (χ2n) is 13.3. The first-order valence-electron chi connectivity index (χ1n) is 17.8. The van der Waals surface area contributed by atoms with Crippen molar-refractivity contribution < 1.29 is 4.42 Å². The molecule has 0 amide bonds. The first-order valence-corrected chi connectivity index (χ1v) is 17.8. The van der Waals surface area contributed by atoms with Crippen molar-refractivity contribution in [2.75, 3.05) is 4.90 Å². The van der Waals surface area contributed by atoms with Crippen molar-refractivity contribution in [2.24, 2.45) is 0 Å². The number of anilines is 3. The van der Waals surface area contributed by atoms with Crippen LogP contribution in [0.2, 0.25) is 0 Å². The molecule has 0 aliphatic carbocycles. The van der Waals surface area contributed by atoms with Gasteiger partial charge in [-0.2, -0.15) is 0 Å². The Balaban J connectivity index is 1.11. The fraction of sp³-hybridized carbons (Fsp3) is 0. The van der Waals surface area contributed by atoms with Crippen molar-refractivity contribution in [3.63, 3.8) is 0 Å². The van der Waals surface area contributed by atoms with Gasteiger partial charge in [0.1, 0.15) is 11.2 Å². The summed E-state index contributed by atoms with van der Waals surface area (Å²) in [4.78, 5) is 2.38. The fourth-order valence-electron chi connectivity index (χ4n) is 7.67. The molecule has 2 heteroatoms. The molecule has 2 nitrogen and oxygen atoms in total. The van der Waals surface area contributed by atoms with Crippen molar-refractivity contribution in [2.45, 2.75) is 0 Å². The van der Waals surface area contributed by atoms with Crippen LogP contribution in [-0.2, 0) is 0 Å². The maximum atomic E-state index is 6.19. The van der Waals surface area contributed by atoms with Crippen molar-refractivity contribution in [3.05, 3.63) is 200 Å². The second kappa shape index (κ2) is 12.5. The van der Waals surface area contributed by atoms with Crippen molar-refractivity contribution in [1.82, 2.24) is 0 Å². The Labute approximate surface area is 302 Å². The molecule has 0 aliphatic rings. The van der Waals surface area contributed by atoms with E-state index in [-0.39, 0.29) is 0 Å². The molecule has 52 heavy (non-hydrogen) atoms. The van der Waals surface area contributed by atoms with Crippen LogP contribution >= 0.6 is 0 Å². The number of benzene rings is 9. The van der Waals surface area contributed by atoms with Gasteiger partial charge >= 0.3 is 0 Å². The maximum Gasteiger partial charge on any atom is 0.135 e. The van der Waals surface area contributed by atoms with Crippen LogP contribution in [0, 0.1) is 0 Å². The predicted octanol–water partition coefficient (Wildman–Crippen LogP) is 14.4. The van der Waals surface area contributed by atoms with Crippen LogP contribution in [0.4, 0.5) is 17.1 Å². The van der Waals surface area contributed by atoms with Gasteiger partial charge in [0.2, 0.25) is 0 Å². The van der Waals surface area contributed by atoms with Crippen molar-refractivity contribution in [1.29, 1.82) is 0 Å².